The lowest BCUT2D eigenvalue weighted by Gasteiger charge is -2.21. The fourth-order valence-electron chi connectivity index (χ4n) is 4.25. The Morgan fingerprint density at radius 3 is 2.48 bits per heavy atom. The molecule has 33 heavy (non-hydrogen) atoms. The van der Waals surface area contributed by atoms with Gasteiger partial charge in [-0.1, -0.05) is 19.9 Å². The molecule has 0 amide bonds. The van der Waals surface area contributed by atoms with Crippen molar-refractivity contribution in [2.75, 3.05) is 23.8 Å². The molecule has 0 spiro atoms. The molecule has 0 radical (unpaired) electrons. The molecule has 1 aliphatic heterocycles. The first-order valence-electron chi connectivity index (χ1n) is 10.8. The van der Waals surface area contributed by atoms with Gasteiger partial charge in [-0.05, 0) is 42.8 Å². The largest absolute Gasteiger partial charge is 0.373 e. The summed E-state index contributed by atoms with van der Waals surface area (Å²) in [5.74, 6) is 3.49. The summed E-state index contributed by atoms with van der Waals surface area (Å²) in [5.41, 5.74) is 2.79. The number of nitrogens with zero attached hydrogens (tertiary/aromatic N) is 7. The number of hydrogen-bond acceptors (Lipinski definition) is 7. The molecule has 0 atom stereocenters. The van der Waals surface area contributed by atoms with Gasteiger partial charge < -0.3 is 10.2 Å². The monoisotopic (exact) mass is 444 g/mol. The predicted molar refractivity (Wildman–Crippen MR) is 125 cm³/mol. The molecule has 9 heteroatoms. The molecule has 0 bridgehead atoms. The van der Waals surface area contributed by atoms with E-state index in [1.54, 1.807) is 23.1 Å². The van der Waals surface area contributed by atoms with Gasteiger partial charge in [0.05, 0.1) is 0 Å². The maximum atomic E-state index is 13.5. The van der Waals surface area contributed by atoms with Crippen molar-refractivity contribution in [3.05, 3.63) is 77.5 Å². The molecule has 0 saturated heterocycles. The van der Waals surface area contributed by atoms with Gasteiger partial charge in [-0.2, -0.15) is 5.10 Å². The molecule has 1 aliphatic rings. The highest BCUT2D eigenvalue weighted by Gasteiger charge is 2.40. The highest BCUT2D eigenvalue weighted by atomic mass is 19.1. The number of aromatic nitrogens is 6. The summed E-state index contributed by atoms with van der Waals surface area (Å²) >= 11 is 0. The van der Waals surface area contributed by atoms with Gasteiger partial charge in [0.1, 0.15) is 35.4 Å². The molecular weight excluding hydrogens is 419 g/mol. The van der Waals surface area contributed by atoms with Crippen LogP contribution in [0.25, 0.3) is 5.82 Å². The second-order valence-electron chi connectivity index (χ2n) is 8.82. The van der Waals surface area contributed by atoms with Gasteiger partial charge in [0, 0.05) is 42.9 Å². The maximum absolute atomic E-state index is 13.5. The lowest BCUT2D eigenvalue weighted by Crippen LogP contribution is -2.25. The first kappa shape index (κ1) is 21.0. The number of anilines is 3. The molecule has 1 N–H and O–H groups in total. The van der Waals surface area contributed by atoms with E-state index in [1.807, 2.05) is 32.3 Å². The molecule has 0 saturated carbocycles. The zero-order chi connectivity index (χ0) is 23.2. The van der Waals surface area contributed by atoms with E-state index in [-0.39, 0.29) is 11.2 Å². The van der Waals surface area contributed by atoms with Crippen LogP contribution in [0.3, 0.4) is 0 Å². The van der Waals surface area contributed by atoms with Crippen LogP contribution in [0.1, 0.15) is 36.6 Å². The van der Waals surface area contributed by atoms with Crippen molar-refractivity contribution in [2.24, 2.45) is 0 Å². The van der Waals surface area contributed by atoms with Gasteiger partial charge >= 0.3 is 0 Å². The second kappa shape index (κ2) is 7.91. The Morgan fingerprint density at radius 1 is 1.06 bits per heavy atom. The van der Waals surface area contributed by atoms with E-state index >= 15 is 0 Å². The molecule has 0 aliphatic carbocycles. The van der Waals surface area contributed by atoms with E-state index in [0.717, 1.165) is 35.0 Å². The number of aryl methyl sites for hydroxylation is 1. The Labute approximate surface area is 191 Å². The normalized spacial score (nSPS) is 14.4. The molecule has 0 unspecified atom stereocenters. The van der Waals surface area contributed by atoms with Gasteiger partial charge in [0.25, 0.3) is 0 Å². The summed E-state index contributed by atoms with van der Waals surface area (Å²) in [5, 5.41) is 7.55. The lowest BCUT2D eigenvalue weighted by atomic mass is 9.88. The molecule has 1 aromatic carbocycles. The van der Waals surface area contributed by atoms with Crippen LogP contribution < -0.4 is 10.2 Å². The van der Waals surface area contributed by atoms with Gasteiger partial charge in [0.2, 0.25) is 0 Å². The number of nitrogens with one attached hydrogen (secondary N) is 1. The summed E-state index contributed by atoms with van der Waals surface area (Å²) in [7, 11) is 1.87. The van der Waals surface area contributed by atoms with Crippen LogP contribution in [0.4, 0.5) is 21.7 Å². The molecule has 8 nitrogen and oxygen atoms in total. The Kier molecular flexibility index (Phi) is 5.03. The molecule has 5 rings (SSSR count). The summed E-state index contributed by atoms with van der Waals surface area (Å²) in [6.07, 6.45) is 3.99. The van der Waals surface area contributed by atoms with E-state index in [4.69, 9.17) is 9.97 Å². The minimum Gasteiger partial charge on any atom is -0.373 e. The fraction of sp³-hybridized carbons (Fsp3) is 0.292. The number of rotatable bonds is 5. The lowest BCUT2D eigenvalue weighted by molar-refractivity contribution is 0.568. The average Bonchev–Trinajstić information content (AvgIpc) is 3.35. The smallest absolute Gasteiger partial charge is 0.155 e. The van der Waals surface area contributed by atoms with Gasteiger partial charge in [-0.3, -0.25) is 0 Å². The first-order chi connectivity index (χ1) is 15.8. The van der Waals surface area contributed by atoms with Crippen LogP contribution in [-0.4, -0.2) is 43.3 Å². The Balaban J connectivity index is 1.49. The summed E-state index contributed by atoms with van der Waals surface area (Å²) in [6, 6.07) is 10.4. The SMILES string of the molecule is CNc1nc(Cc2ccc(-n3cnc(C)n3)nc2)nc2c1C(C)(C)CN2c1ccc(F)cc1. The number of halogens is 1. The van der Waals surface area contributed by atoms with Crippen LogP contribution in [0.5, 0.6) is 0 Å². The topological polar surface area (TPSA) is 84.7 Å². The van der Waals surface area contributed by atoms with Gasteiger partial charge in [-0.15, -0.1) is 0 Å². The minimum atomic E-state index is -0.256. The van der Waals surface area contributed by atoms with Crippen LogP contribution in [-0.2, 0) is 11.8 Å². The molecule has 3 aromatic heterocycles. The van der Waals surface area contributed by atoms with E-state index in [1.165, 1.54) is 12.1 Å². The third-order valence-corrected chi connectivity index (χ3v) is 5.81. The average molecular weight is 445 g/mol. The molecule has 4 heterocycles. The number of benzene rings is 1. The minimum absolute atomic E-state index is 0.167. The van der Waals surface area contributed by atoms with Gasteiger partial charge in [0.15, 0.2) is 5.82 Å². The number of hydrogen-bond donors (Lipinski definition) is 1. The van der Waals surface area contributed by atoms with Crippen LogP contribution >= 0.6 is 0 Å². The molecule has 4 aromatic rings. The van der Waals surface area contributed by atoms with E-state index in [0.29, 0.717) is 23.9 Å². The number of pyridine rings is 1. The standard InChI is InChI=1S/C24H25FN8/c1-15-28-14-33(31-15)20-10-5-16(12-27-20)11-19-29-22(26-4)21-23(30-19)32(13-24(21,2)3)18-8-6-17(25)7-9-18/h5-10,12,14H,11,13H2,1-4H3,(H,26,29,30). The zero-order valence-electron chi connectivity index (χ0n) is 19.0. The van der Waals surface area contributed by atoms with Crippen molar-refractivity contribution in [1.29, 1.82) is 0 Å². The summed E-state index contributed by atoms with van der Waals surface area (Å²) in [4.78, 5) is 20.5. The van der Waals surface area contributed by atoms with Crippen LogP contribution in [0, 0.1) is 12.7 Å². The molecule has 0 fully saturated rings. The predicted octanol–water partition coefficient (Wildman–Crippen LogP) is 3.96. The quantitative estimate of drug-likeness (QED) is 0.499. The highest BCUT2D eigenvalue weighted by molar-refractivity contribution is 5.74. The first-order valence-corrected chi connectivity index (χ1v) is 10.8. The Morgan fingerprint density at radius 2 is 1.85 bits per heavy atom. The van der Waals surface area contributed by atoms with Crippen molar-refractivity contribution in [3.8, 4) is 5.82 Å². The second-order valence-corrected chi connectivity index (χ2v) is 8.82. The summed E-state index contributed by atoms with van der Waals surface area (Å²) < 4.78 is 15.2. The Hall–Kier alpha value is -3.88. The highest BCUT2D eigenvalue weighted by Crippen LogP contribution is 2.46. The van der Waals surface area contributed by atoms with Crippen molar-refractivity contribution in [1.82, 2.24) is 29.7 Å². The fourth-order valence-corrected chi connectivity index (χ4v) is 4.25. The van der Waals surface area contributed by atoms with Gasteiger partial charge in [-0.25, -0.2) is 29.0 Å². The van der Waals surface area contributed by atoms with E-state index < -0.39 is 0 Å². The van der Waals surface area contributed by atoms with E-state index in [9.17, 15) is 4.39 Å². The Bertz CT molecular complexity index is 1300. The van der Waals surface area contributed by atoms with Crippen LogP contribution in [0.2, 0.25) is 0 Å². The van der Waals surface area contributed by atoms with Crippen molar-refractivity contribution >= 4 is 17.3 Å². The third-order valence-electron chi connectivity index (χ3n) is 5.81. The summed E-state index contributed by atoms with van der Waals surface area (Å²) in [6.45, 7) is 6.92. The third kappa shape index (κ3) is 3.90. The van der Waals surface area contributed by atoms with Crippen LogP contribution in [0.15, 0.2) is 48.9 Å². The number of fused-ring (bicyclic) bond motifs is 1. The van der Waals surface area contributed by atoms with Crippen molar-refractivity contribution in [2.45, 2.75) is 32.6 Å². The van der Waals surface area contributed by atoms with E-state index in [2.05, 4.69) is 39.1 Å². The van der Waals surface area contributed by atoms with Crippen molar-refractivity contribution < 1.29 is 4.39 Å². The molecular formula is C24H25FN8. The molecule has 168 valence electrons. The van der Waals surface area contributed by atoms with Crippen molar-refractivity contribution in [3.63, 3.8) is 0 Å². The zero-order valence-corrected chi connectivity index (χ0v) is 19.0. The maximum Gasteiger partial charge on any atom is 0.155 e.